The number of carbonyl (C=O) groups is 1. The normalized spacial score (nSPS) is 16.9. The number of amides is 2. The van der Waals surface area contributed by atoms with Crippen molar-refractivity contribution in [1.82, 2.24) is 20.0 Å². The summed E-state index contributed by atoms with van der Waals surface area (Å²) in [5, 5.41) is 7.34. The Hall–Kier alpha value is -3.15. The number of hydrogen-bond donors (Lipinski definition) is 0. The van der Waals surface area contributed by atoms with Crippen LogP contribution in [0.2, 0.25) is 5.02 Å². The van der Waals surface area contributed by atoms with Crippen LogP contribution < -0.4 is 4.90 Å². The Labute approximate surface area is 210 Å². The number of hydrogen-bond acceptors (Lipinski definition) is 6. The number of ether oxygens (including phenoxy) is 1. The van der Waals surface area contributed by atoms with Crippen LogP contribution in [0.4, 0.5) is 23.7 Å². The van der Waals surface area contributed by atoms with Gasteiger partial charge in [-0.05, 0) is 36.4 Å². The fraction of sp³-hybridized carbons (Fsp3) is 0.375. The highest BCUT2D eigenvalue weighted by Crippen LogP contribution is 2.27. The van der Waals surface area contributed by atoms with Crippen LogP contribution in [0.1, 0.15) is 17.9 Å². The average molecular weight is 522 g/mol. The lowest BCUT2D eigenvalue weighted by molar-refractivity contribution is -0.0738. The van der Waals surface area contributed by atoms with Crippen LogP contribution in [-0.2, 0) is 11.3 Å². The van der Waals surface area contributed by atoms with Crippen molar-refractivity contribution >= 4 is 23.3 Å². The minimum Gasteiger partial charge on any atom is -0.415 e. The topological polar surface area (TPSA) is 74.9 Å². The second-order valence-corrected chi connectivity index (χ2v) is 9.05. The van der Waals surface area contributed by atoms with Crippen molar-refractivity contribution in [2.24, 2.45) is 0 Å². The Kier molecular flexibility index (Phi) is 7.13. The molecule has 2 aliphatic heterocycles. The van der Waals surface area contributed by atoms with Crippen molar-refractivity contribution < 1.29 is 27.1 Å². The highest BCUT2D eigenvalue weighted by atomic mass is 35.5. The number of aromatic nitrogens is 2. The molecule has 0 N–H and O–H groups in total. The zero-order chi connectivity index (χ0) is 25.2. The number of carbonyl (C=O) groups excluding carboxylic acids is 1. The van der Waals surface area contributed by atoms with Gasteiger partial charge in [-0.15, -0.1) is 10.2 Å². The van der Waals surface area contributed by atoms with Crippen LogP contribution in [0.3, 0.4) is 0 Å². The van der Waals surface area contributed by atoms with Crippen LogP contribution in [0.25, 0.3) is 11.5 Å². The molecule has 0 atom stereocenters. The van der Waals surface area contributed by atoms with Crippen LogP contribution in [0.15, 0.2) is 46.9 Å². The average Bonchev–Trinajstić information content (AvgIpc) is 3.34. The number of urea groups is 1. The molecule has 2 saturated heterocycles. The minimum absolute atomic E-state index is 0.0463. The number of benzene rings is 2. The van der Waals surface area contributed by atoms with Gasteiger partial charge in [0, 0.05) is 48.0 Å². The first-order valence-electron chi connectivity index (χ1n) is 11.4. The van der Waals surface area contributed by atoms with E-state index in [1.807, 2.05) is 0 Å². The van der Waals surface area contributed by atoms with Gasteiger partial charge in [0.05, 0.1) is 25.8 Å². The molecular formula is C24H23ClF3N5O3. The predicted octanol–water partition coefficient (Wildman–Crippen LogP) is 4.61. The van der Waals surface area contributed by atoms with E-state index in [-0.39, 0.29) is 29.6 Å². The van der Waals surface area contributed by atoms with Crippen LogP contribution in [-0.4, -0.2) is 71.5 Å². The second kappa shape index (κ2) is 10.5. The summed E-state index contributed by atoms with van der Waals surface area (Å²) in [6.45, 7) is 3.95. The molecule has 3 heterocycles. The molecule has 8 nitrogen and oxygen atoms in total. The second-order valence-electron chi connectivity index (χ2n) is 8.61. The van der Waals surface area contributed by atoms with Crippen molar-refractivity contribution in [3.63, 3.8) is 0 Å². The molecule has 2 aliphatic rings. The van der Waals surface area contributed by atoms with E-state index in [2.05, 4.69) is 15.1 Å². The standard InChI is InChI=1S/C24H23ClF3N5O3/c25-17-3-5-18(6-4-17)33(24(34)32-9-7-31(8-10-32)19-13-35-14-19)12-16-2-1-15(11-20(16)26)22-29-30-23(36-22)21(27)28/h1-6,11,19,21H,7-10,12-14H2. The van der Waals surface area contributed by atoms with Crippen molar-refractivity contribution in [1.29, 1.82) is 0 Å². The van der Waals surface area contributed by atoms with E-state index in [9.17, 15) is 13.6 Å². The van der Waals surface area contributed by atoms with E-state index >= 15 is 4.39 Å². The maximum atomic E-state index is 15.1. The van der Waals surface area contributed by atoms with Gasteiger partial charge in [-0.3, -0.25) is 9.80 Å². The van der Waals surface area contributed by atoms with Gasteiger partial charge in [0.25, 0.3) is 5.89 Å². The Morgan fingerprint density at radius 2 is 1.81 bits per heavy atom. The third-order valence-electron chi connectivity index (χ3n) is 6.35. The molecule has 1 aromatic heterocycles. The molecule has 2 amide bonds. The van der Waals surface area contributed by atoms with E-state index in [1.54, 1.807) is 29.2 Å². The summed E-state index contributed by atoms with van der Waals surface area (Å²) in [5.41, 5.74) is 0.971. The van der Waals surface area contributed by atoms with Gasteiger partial charge >= 0.3 is 12.5 Å². The molecule has 0 aliphatic carbocycles. The van der Waals surface area contributed by atoms with E-state index < -0.39 is 18.1 Å². The summed E-state index contributed by atoms with van der Waals surface area (Å²) in [7, 11) is 0. The number of anilines is 1. The highest BCUT2D eigenvalue weighted by molar-refractivity contribution is 6.30. The van der Waals surface area contributed by atoms with Gasteiger partial charge in [-0.1, -0.05) is 17.7 Å². The van der Waals surface area contributed by atoms with Crippen LogP contribution >= 0.6 is 11.6 Å². The number of nitrogens with zero attached hydrogens (tertiary/aromatic N) is 5. The Morgan fingerprint density at radius 1 is 1.08 bits per heavy atom. The monoisotopic (exact) mass is 521 g/mol. The summed E-state index contributed by atoms with van der Waals surface area (Å²) in [6, 6.07) is 11.0. The summed E-state index contributed by atoms with van der Waals surface area (Å²) in [4.78, 5) is 19.1. The number of halogens is 4. The van der Waals surface area contributed by atoms with Crippen molar-refractivity contribution in [2.75, 3.05) is 44.3 Å². The third-order valence-corrected chi connectivity index (χ3v) is 6.60. The molecule has 0 saturated carbocycles. The molecule has 2 aromatic carbocycles. The van der Waals surface area contributed by atoms with E-state index in [4.69, 9.17) is 20.8 Å². The van der Waals surface area contributed by atoms with Crippen LogP contribution in [0.5, 0.6) is 0 Å². The molecule has 190 valence electrons. The van der Waals surface area contributed by atoms with Crippen molar-refractivity contribution in [3.05, 3.63) is 64.8 Å². The Morgan fingerprint density at radius 3 is 2.39 bits per heavy atom. The molecule has 36 heavy (non-hydrogen) atoms. The van der Waals surface area contributed by atoms with E-state index in [1.165, 1.54) is 17.0 Å². The smallest absolute Gasteiger partial charge is 0.324 e. The lowest BCUT2D eigenvalue weighted by Crippen LogP contribution is -2.59. The molecule has 0 radical (unpaired) electrons. The highest BCUT2D eigenvalue weighted by Gasteiger charge is 2.32. The maximum Gasteiger partial charge on any atom is 0.324 e. The number of alkyl halides is 2. The maximum absolute atomic E-state index is 15.1. The summed E-state index contributed by atoms with van der Waals surface area (Å²) in [5.74, 6) is -1.68. The largest absolute Gasteiger partial charge is 0.415 e. The van der Waals surface area contributed by atoms with Crippen molar-refractivity contribution in [2.45, 2.75) is 19.0 Å². The zero-order valence-electron chi connectivity index (χ0n) is 19.1. The lowest BCUT2D eigenvalue weighted by Gasteiger charge is -2.43. The molecule has 0 bridgehead atoms. The first-order valence-corrected chi connectivity index (χ1v) is 11.8. The molecule has 0 spiro atoms. The molecule has 0 unspecified atom stereocenters. The van der Waals surface area contributed by atoms with Gasteiger partial charge < -0.3 is 14.1 Å². The van der Waals surface area contributed by atoms with Crippen LogP contribution in [0, 0.1) is 5.82 Å². The van der Waals surface area contributed by atoms with Gasteiger partial charge in [-0.2, -0.15) is 8.78 Å². The van der Waals surface area contributed by atoms with Gasteiger partial charge in [0.2, 0.25) is 5.89 Å². The molecule has 2 fully saturated rings. The van der Waals surface area contributed by atoms with Gasteiger partial charge in [0.1, 0.15) is 5.82 Å². The van der Waals surface area contributed by atoms with E-state index in [0.717, 1.165) is 19.2 Å². The third kappa shape index (κ3) is 5.18. The Bertz CT molecular complexity index is 1210. The lowest BCUT2D eigenvalue weighted by atomic mass is 10.1. The minimum atomic E-state index is -2.92. The summed E-state index contributed by atoms with van der Waals surface area (Å²) >= 11 is 6.04. The number of rotatable bonds is 6. The molecule has 12 heteroatoms. The SMILES string of the molecule is O=C(N1CCN(C2COC2)CC1)N(Cc1ccc(-c2nnc(C(F)F)o2)cc1F)c1ccc(Cl)cc1. The first-order chi connectivity index (χ1) is 17.4. The fourth-order valence-electron chi connectivity index (χ4n) is 4.19. The zero-order valence-corrected chi connectivity index (χ0v) is 19.9. The van der Waals surface area contributed by atoms with Gasteiger partial charge in [0.15, 0.2) is 0 Å². The number of piperazine rings is 1. The summed E-state index contributed by atoms with van der Waals surface area (Å²) in [6.07, 6.45) is -2.92. The molecular weight excluding hydrogens is 499 g/mol. The van der Waals surface area contributed by atoms with Crippen molar-refractivity contribution in [3.8, 4) is 11.5 Å². The molecule has 3 aromatic rings. The van der Waals surface area contributed by atoms with Gasteiger partial charge in [-0.25, -0.2) is 9.18 Å². The summed E-state index contributed by atoms with van der Waals surface area (Å²) < 4.78 is 50.8. The Balaban J connectivity index is 1.35. The first kappa shape index (κ1) is 24.5. The fourth-order valence-corrected chi connectivity index (χ4v) is 4.32. The molecule has 5 rings (SSSR count). The quantitative estimate of drug-likeness (QED) is 0.471. The predicted molar refractivity (Wildman–Crippen MR) is 125 cm³/mol. The van der Waals surface area contributed by atoms with E-state index in [0.29, 0.717) is 43.1 Å².